The zero-order valence-corrected chi connectivity index (χ0v) is 7.32. The zero-order chi connectivity index (χ0) is 9.26. The Balaban J connectivity index is 2.35. The van der Waals surface area contributed by atoms with E-state index in [2.05, 4.69) is 0 Å². The molecule has 0 bridgehead atoms. The van der Waals surface area contributed by atoms with E-state index in [-0.39, 0.29) is 12.7 Å². The third kappa shape index (κ3) is 1.37. The highest BCUT2D eigenvalue weighted by molar-refractivity contribution is 5.62. The smallest absolute Gasteiger partial charge is 0.231 e. The summed E-state index contributed by atoms with van der Waals surface area (Å²) in [6.45, 7) is 2.12. The van der Waals surface area contributed by atoms with Crippen molar-refractivity contribution < 1.29 is 14.3 Å². The van der Waals surface area contributed by atoms with Gasteiger partial charge in [-0.25, -0.2) is 0 Å². The average Bonchev–Trinajstić information content (AvgIpc) is 2.63. The van der Waals surface area contributed by atoms with Crippen LogP contribution in [0.15, 0.2) is 18.2 Å². The molecule has 0 spiro atoms. The first-order valence-electron chi connectivity index (χ1n) is 4.16. The Morgan fingerprint density at radius 2 is 2.15 bits per heavy atom. The Kier molecular flexibility index (Phi) is 1.93. The van der Waals surface area contributed by atoms with Gasteiger partial charge in [0.1, 0.15) is 6.29 Å². The quantitative estimate of drug-likeness (QED) is 0.647. The topological polar surface area (TPSA) is 35.5 Å². The lowest BCUT2D eigenvalue weighted by molar-refractivity contribution is -0.108. The van der Waals surface area contributed by atoms with Gasteiger partial charge >= 0.3 is 0 Å². The van der Waals surface area contributed by atoms with E-state index < -0.39 is 0 Å². The molecule has 0 amide bonds. The second-order valence-electron chi connectivity index (χ2n) is 3.04. The van der Waals surface area contributed by atoms with Gasteiger partial charge in [0, 0.05) is 5.92 Å². The third-order valence-corrected chi connectivity index (χ3v) is 2.13. The van der Waals surface area contributed by atoms with Gasteiger partial charge in [0.15, 0.2) is 11.5 Å². The standard InChI is InChI=1S/C10H10O3/c1-7(5-11)8-2-3-9-10(4-8)13-6-12-9/h2-5,7H,6H2,1H3. The predicted octanol–water partition coefficient (Wildman–Crippen LogP) is 1.72. The molecule has 0 N–H and O–H groups in total. The Bertz CT molecular complexity index is 333. The van der Waals surface area contributed by atoms with E-state index in [1.165, 1.54) is 0 Å². The summed E-state index contributed by atoms with van der Waals surface area (Å²) in [5.74, 6) is 1.39. The molecule has 0 aliphatic carbocycles. The molecule has 0 saturated heterocycles. The van der Waals surface area contributed by atoms with Crippen LogP contribution >= 0.6 is 0 Å². The Morgan fingerprint density at radius 3 is 2.92 bits per heavy atom. The second-order valence-corrected chi connectivity index (χ2v) is 3.04. The highest BCUT2D eigenvalue weighted by atomic mass is 16.7. The van der Waals surface area contributed by atoms with Crippen molar-refractivity contribution in [2.24, 2.45) is 0 Å². The molecule has 2 rings (SSSR count). The lowest BCUT2D eigenvalue weighted by atomic mass is 10.0. The summed E-state index contributed by atoms with van der Waals surface area (Å²) in [6.07, 6.45) is 0.914. The largest absolute Gasteiger partial charge is 0.454 e. The molecule has 0 saturated carbocycles. The fourth-order valence-electron chi connectivity index (χ4n) is 1.27. The number of fused-ring (bicyclic) bond motifs is 1. The zero-order valence-electron chi connectivity index (χ0n) is 7.32. The van der Waals surface area contributed by atoms with Gasteiger partial charge in [-0.05, 0) is 17.7 Å². The van der Waals surface area contributed by atoms with Gasteiger partial charge in [0.2, 0.25) is 6.79 Å². The number of rotatable bonds is 2. The minimum Gasteiger partial charge on any atom is -0.454 e. The van der Waals surface area contributed by atoms with E-state index in [1.54, 1.807) is 0 Å². The molecule has 1 unspecified atom stereocenters. The van der Waals surface area contributed by atoms with Gasteiger partial charge in [-0.1, -0.05) is 13.0 Å². The van der Waals surface area contributed by atoms with Crippen LogP contribution in [0.2, 0.25) is 0 Å². The molecular formula is C10H10O3. The number of carbonyl (C=O) groups is 1. The maximum absolute atomic E-state index is 10.5. The van der Waals surface area contributed by atoms with Crippen molar-refractivity contribution in [2.75, 3.05) is 6.79 Å². The molecule has 1 aromatic rings. The fraction of sp³-hybridized carbons (Fsp3) is 0.300. The van der Waals surface area contributed by atoms with E-state index >= 15 is 0 Å². The van der Waals surface area contributed by atoms with E-state index in [1.807, 2.05) is 25.1 Å². The van der Waals surface area contributed by atoms with Crippen LogP contribution in [0.1, 0.15) is 18.4 Å². The van der Waals surface area contributed by atoms with E-state index in [4.69, 9.17) is 9.47 Å². The highest BCUT2D eigenvalue weighted by Gasteiger charge is 2.14. The number of hydrogen-bond donors (Lipinski definition) is 0. The molecule has 1 heterocycles. The van der Waals surface area contributed by atoms with Gasteiger partial charge in [-0.15, -0.1) is 0 Å². The second kappa shape index (κ2) is 3.09. The van der Waals surface area contributed by atoms with E-state index in [9.17, 15) is 4.79 Å². The van der Waals surface area contributed by atoms with Crippen molar-refractivity contribution >= 4 is 6.29 Å². The molecule has 3 heteroatoms. The molecule has 1 atom stereocenters. The molecule has 1 aliphatic heterocycles. The number of carbonyl (C=O) groups excluding carboxylic acids is 1. The van der Waals surface area contributed by atoms with E-state index in [0.717, 1.165) is 23.3 Å². The molecule has 1 aromatic carbocycles. The number of benzene rings is 1. The Hall–Kier alpha value is -1.51. The van der Waals surface area contributed by atoms with Crippen LogP contribution < -0.4 is 9.47 Å². The summed E-state index contributed by atoms with van der Waals surface area (Å²) in [5.41, 5.74) is 0.958. The fourth-order valence-corrected chi connectivity index (χ4v) is 1.27. The molecule has 0 radical (unpaired) electrons. The summed E-state index contributed by atoms with van der Waals surface area (Å²) in [6, 6.07) is 5.56. The SMILES string of the molecule is CC(C=O)c1ccc2c(c1)OCO2. The van der Waals surface area contributed by atoms with Crippen molar-refractivity contribution in [3.8, 4) is 11.5 Å². The summed E-state index contributed by atoms with van der Waals surface area (Å²) in [4.78, 5) is 10.5. The maximum atomic E-state index is 10.5. The first-order valence-corrected chi connectivity index (χ1v) is 4.16. The van der Waals surface area contributed by atoms with Crippen molar-refractivity contribution in [2.45, 2.75) is 12.8 Å². The summed E-state index contributed by atoms with van der Waals surface area (Å²) in [7, 11) is 0. The molecule has 0 aromatic heterocycles. The molecular weight excluding hydrogens is 168 g/mol. The van der Waals surface area contributed by atoms with Crippen LogP contribution in [-0.4, -0.2) is 13.1 Å². The molecule has 0 fully saturated rings. The van der Waals surface area contributed by atoms with Crippen LogP contribution in [0.3, 0.4) is 0 Å². The highest BCUT2D eigenvalue weighted by Crippen LogP contribution is 2.34. The van der Waals surface area contributed by atoms with Crippen LogP contribution in [0.5, 0.6) is 11.5 Å². The summed E-state index contributed by atoms with van der Waals surface area (Å²) >= 11 is 0. The third-order valence-electron chi connectivity index (χ3n) is 2.13. The van der Waals surface area contributed by atoms with Gasteiger partial charge < -0.3 is 14.3 Å². The summed E-state index contributed by atoms with van der Waals surface area (Å²) < 4.78 is 10.4. The first-order chi connectivity index (χ1) is 6.31. The molecule has 1 aliphatic rings. The maximum Gasteiger partial charge on any atom is 0.231 e. The van der Waals surface area contributed by atoms with Crippen molar-refractivity contribution in [3.05, 3.63) is 23.8 Å². The Labute approximate surface area is 76.3 Å². The van der Waals surface area contributed by atoms with Crippen LogP contribution in [0, 0.1) is 0 Å². The summed E-state index contributed by atoms with van der Waals surface area (Å²) in [5, 5.41) is 0. The van der Waals surface area contributed by atoms with Gasteiger partial charge in [-0.3, -0.25) is 0 Å². The molecule has 3 nitrogen and oxygen atoms in total. The Morgan fingerprint density at radius 1 is 1.38 bits per heavy atom. The number of hydrogen-bond acceptors (Lipinski definition) is 3. The monoisotopic (exact) mass is 178 g/mol. The van der Waals surface area contributed by atoms with Crippen molar-refractivity contribution in [1.82, 2.24) is 0 Å². The predicted molar refractivity (Wildman–Crippen MR) is 47.0 cm³/mol. The average molecular weight is 178 g/mol. The number of aldehydes is 1. The van der Waals surface area contributed by atoms with Crippen LogP contribution in [-0.2, 0) is 4.79 Å². The van der Waals surface area contributed by atoms with E-state index in [0.29, 0.717) is 0 Å². The van der Waals surface area contributed by atoms with Gasteiger partial charge in [-0.2, -0.15) is 0 Å². The van der Waals surface area contributed by atoms with Crippen LogP contribution in [0.25, 0.3) is 0 Å². The minimum absolute atomic E-state index is 0.0884. The molecule has 13 heavy (non-hydrogen) atoms. The first kappa shape index (κ1) is 8.10. The van der Waals surface area contributed by atoms with Crippen molar-refractivity contribution in [3.63, 3.8) is 0 Å². The lowest BCUT2D eigenvalue weighted by Gasteiger charge is -2.04. The lowest BCUT2D eigenvalue weighted by Crippen LogP contribution is -1.94. The molecule has 68 valence electrons. The normalized spacial score (nSPS) is 15.5. The van der Waals surface area contributed by atoms with Crippen LogP contribution in [0.4, 0.5) is 0 Å². The van der Waals surface area contributed by atoms with Gasteiger partial charge in [0.25, 0.3) is 0 Å². The van der Waals surface area contributed by atoms with Gasteiger partial charge in [0.05, 0.1) is 0 Å². The minimum atomic E-state index is -0.0884. The van der Waals surface area contributed by atoms with Crippen molar-refractivity contribution in [1.29, 1.82) is 0 Å². The number of ether oxygens (including phenoxy) is 2.